The molecule has 0 spiro atoms. The van der Waals surface area contributed by atoms with Crippen molar-refractivity contribution in [1.82, 2.24) is 9.97 Å². The zero-order valence-corrected chi connectivity index (χ0v) is 11.0. The predicted octanol–water partition coefficient (Wildman–Crippen LogP) is 1.77. The van der Waals surface area contributed by atoms with Crippen molar-refractivity contribution in [3.05, 3.63) is 11.9 Å². The van der Waals surface area contributed by atoms with E-state index in [1.807, 2.05) is 24.8 Å². The molecule has 6 heteroatoms. The van der Waals surface area contributed by atoms with Gasteiger partial charge in [-0.15, -0.1) is 0 Å². The summed E-state index contributed by atoms with van der Waals surface area (Å²) in [7, 11) is 0. The van der Waals surface area contributed by atoms with Crippen LogP contribution in [-0.2, 0) is 0 Å². The van der Waals surface area contributed by atoms with E-state index in [0.717, 1.165) is 11.6 Å². The van der Waals surface area contributed by atoms with Gasteiger partial charge in [-0.25, -0.2) is 15.8 Å². The average Bonchev–Trinajstić information content (AvgIpc) is 2.75. The van der Waals surface area contributed by atoms with Crippen molar-refractivity contribution in [2.75, 3.05) is 17.0 Å². The quantitative estimate of drug-likeness (QED) is 0.561. The first kappa shape index (κ1) is 12.4. The molecule has 0 amide bonds. The number of aromatic nitrogens is 2. The predicted molar refractivity (Wildman–Crippen MR) is 73.1 cm³/mol. The summed E-state index contributed by atoms with van der Waals surface area (Å²) in [5.41, 5.74) is 2.56. The van der Waals surface area contributed by atoms with E-state index < -0.39 is 0 Å². The normalized spacial score (nSPS) is 23.7. The van der Waals surface area contributed by atoms with Crippen LogP contribution in [0.2, 0.25) is 0 Å². The van der Waals surface area contributed by atoms with E-state index in [0.29, 0.717) is 17.1 Å². The van der Waals surface area contributed by atoms with Gasteiger partial charge in [0, 0.05) is 17.4 Å². The van der Waals surface area contributed by atoms with Crippen LogP contribution in [0.3, 0.4) is 0 Å². The molecule has 1 aromatic heterocycles. The van der Waals surface area contributed by atoms with Crippen LogP contribution in [0.25, 0.3) is 0 Å². The average molecular weight is 253 g/mol. The van der Waals surface area contributed by atoms with Gasteiger partial charge in [-0.3, -0.25) is 0 Å². The summed E-state index contributed by atoms with van der Waals surface area (Å²) in [6.45, 7) is 1.87. The van der Waals surface area contributed by atoms with Crippen molar-refractivity contribution in [1.29, 1.82) is 0 Å². The van der Waals surface area contributed by atoms with Gasteiger partial charge in [0.2, 0.25) is 0 Å². The number of nitrogens with one attached hydrogen (secondary N) is 2. The molecular formula is C11H19N5S. The maximum Gasteiger partial charge on any atom is 0.145 e. The Bertz CT molecular complexity index is 384. The summed E-state index contributed by atoms with van der Waals surface area (Å²) in [5, 5.41) is 4.17. The van der Waals surface area contributed by atoms with Gasteiger partial charge in [0.15, 0.2) is 0 Å². The van der Waals surface area contributed by atoms with E-state index in [1.54, 1.807) is 0 Å². The van der Waals surface area contributed by atoms with Crippen LogP contribution in [-0.4, -0.2) is 27.5 Å². The summed E-state index contributed by atoms with van der Waals surface area (Å²) in [5.74, 6) is 7.61. The van der Waals surface area contributed by atoms with E-state index in [2.05, 4.69) is 27.0 Å². The molecular weight excluding hydrogens is 234 g/mol. The maximum absolute atomic E-state index is 5.38. The Balaban J connectivity index is 2.09. The molecule has 2 unspecified atom stereocenters. The van der Waals surface area contributed by atoms with Crippen LogP contribution in [0, 0.1) is 6.92 Å². The lowest BCUT2D eigenvalue weighted by atomic mass is 10.2. The third-order valence-electron chi connectivity index (χ3n) is 3.07. The molecule has 0 radical (unpaired) electrons. The van der Waals surface area contributed by atoms with Crippen molar-refractivity contribution in [2.45, 2.75) is 37.5 Å². The Hall–Kier alpha value is -1.01. The van der Waals surface area contributed by atoms with Gasteiger partial charge in [0.05, 0.1) is 0 Å². The second-order valence-corrected chi connectivity index (χ2v) is 5.36. The van der Waals surface area contributed by atoms with E-state index in [9.17, 15) is 0 Å². The molecule has 94 valence electrons. The minimum Gasteiger partial charge on any atom is -0.366 e. The van der Waals surface area contributed by atoms with E-state index in [1.165, 1.54) is 19.3 Å². The topological polar surface area (TPSA) is 75.9 Å². The highest BCUT2D eigenvalue weighted by Gasteiger charge is 2.26. The number of nitrogens with zero attached hydrogens (tertiary/aromatic N) is 2. The smallest absolute Gasteiger partial charge is 0.145 e. The molecule has 1 fully saturated rings. The first-order valence-electron chi connectivity index (χ1n) is 5.84. The largest absolute Gasteiger partial charge is 0.366 e. The lowest BCUT2D eigenvalue weighted by molar-refractivity contribution is 0.761. The Morgan fingerprint density at radius 2 is 2.12 bits per heavy atom. The maximum atomic E-state index is 5.38. The number of hydrogen-bond donors (Lipinski definition) is 3. The molecule has 17 heavy (non-hydrogen) atoms. The number of rotatable bonds is 4. The first-order valence-corrected chi connectivity index (χ1v) is 7.13. The zero-order valence-electron chi connectivity index (χ0n) is 10.2. The number of nitrogens with two attached hydrogens (primary N) is 1. The minimum absolute atomic E-state index is 0.505. The summed E-state index contributed by atoms with van der Waals surface area (Å²) in [4.78, 5) is 8.56. The van der Waals surface area contributed by atoms with Crippen molar-refractivity contribution in [3.8, 4) is 0 Å². The fraction of sp³-hybridized carbons (Fsp3) is 0.636. The Labute approximate surface area is 106 Å². The van der Waals surface area contributed by atoms with Gasteiger partial charge in [-0.2, -0.15) is 11.8 Å². The highest BCUT2D eigenvalue weighted by atomic mass is 32.2. The standard InChI is InChI=1S/C11H19N5S/c1-7-13-10(6-11(14-7)16-12)15-8-4-3-5-9(8)17-2/h6,8-9H,3-5,12H2,1-2H3,(H2,13,14,15,16). The van der Waals surface area contributed by atoms with Crippen molar-refractivity contribution in [3.63, 3.8) is 0 Å². The lowest BCUT2D eigenvalue weighted by Gasteiger charge is -2.20. The molecule has 2 atom stereocenters. The third kappa shape index (κ3) is 3.01. The van der Waals surface area contributed by atoms with Crippen molar-refractivity contribution < 1.29 is 0 Å². The van der Waals surface area contributed by atoms with Crippen LogP contribution < -0.4 is 16.6 Å². The molecule has 5 nitrogen and oxygen atoms in total. The second kappa shape index (κ2) is 5.55. The molecule has 0 aromatic carbocycles. The van der Waals surface area contributed by atoms with E-state index in [4.69, 9.17) is 5.84 Å². The highest BCUT2D eigenvalue weighted by molar-refractivity contribution is 7.99. The Morgan fingerprint density at radius 1 is 1.35 bits per heavy atom. The van der Waals surface area contributed by atoms with Crippen LogP contribution in [0.15, 0.2) is 6.07 Å². The van der Waals surface area contributed by atoms with Gasteiger partial charge in [0.25, 0.3) is 0 Å². The molecule has 2 rings (SSSR count). The minimum atomic E-state index is 0.505. The molecule has 1 aromatic rings. The molecule has 4 N–H and O–H groups in total. The number of anilines is 2. The van der Waals surface area contributed by atoms with Gasteiger partial charge in [-0.05, 0) is 26.0 Å². The van der Waals surface area contributed by atoms with E-state index in [-0.39, 0.29) is 0 Å². The lowest BCUT2D eigenvalue weighted by Crippen LogP contribution is -2.26. The monoisotopic (exact) mass is 253 g/mol. The van der Waals surface area contributed by atoms with Crippen LogP contribution >= 0.6 is 11.8 Å². The summed E-state index contributed by atoms with van der Waals surface area (Å²) in [6.07, 6.45) is 5.95. The molecule has 0 bridgehead atoms. The Morgan fingerprint density at radius 3 is 2.82 bits per heavy atom. The van der Waals surface area contributed by atoms with Crippen LogP contribution in [0.4, 0.5) is 11.6 Å². The first-order chi connectivity index (χ1) is 8.22. The Kier molecular flexibility index (Phi) is 4.06. The van der Waals surface area contributed by atoms with Crippen molar-refractivity contribution >= 4 is 23.4 Å². The molecule has 1 heterocycles. The zero-order chi connectivity index (χ0) is 12.3. The van der Waals surface area contributed by atoms with Crippen LogP contribution in [0.1, 0.15) is 25.1 Å². The van der Waals surface area contributed by atoms with Gasteiger partial charge >= 0.3 is 0 Å². The molecule has 1 aliphatic rings. The number of nitrogen functional groups attached to an aromatic ring is 1. The van der Waals surface area contributed by atoms with Crippen molar-refractivity contribution in [2.24, 2.45) is 5.84 Å². The molecule has 1 saturated carbocycles. The fourth-order valence-electron chi connectivity index (χ4n) is 2.28. The summed E-state index contributed by atoms with van der Waals surface area (Å²) >= 11 is 1.93. The SMILES string of the molecule is CSC1CCCC1Nc1cc(NN)nc(C)n1. The fourth-order valence-corrected chi connectivity index (χ4v) is 3.21. The third-order valence-corrected chi connectivity index (χ3v) is 4.24. The summed E-state index contributed by atoms with van der Waals surface area (Å²) < 4.78 is 0. The van der Waals surface area contributed by atoms with Gasteiger partial charge in [-0.1, -0.05) is 6.42 Å². The number of aryl methyl sites for hydroxylation is 1. The van der Waals surface area contributed by atoms with Gasteiger partial charge < -0.3 is 10.7 Å². The number of hydrogen-bond acceptors (Lipinski definition) is 6. The molecule has 1 aliphatic carbocycles. The number of thioether (sulfide) groups is 1. The highest BCUT2D eigenvalue weighted by Crippen LogP contribution is 2.30. The van der Waals surface area contributed by atoms with Gasteiger partial charge in [0.1, 0.15) is 17.5 Å². The molecule has 0 saturated heterocycles. The molecule has 0 aliphatic heterocycles. The number of hydrazine groups is 1. The summed E-state index contributed by atoms with van der Waals surface area (Å²) in [6, 6.07) is 2.35. The van der Waals surface area contributed by atoms with E-state index >= 15 is 0 Å². The second-order valence-electron chi connectivity index (χ2n) is 4.29. The van der Waals surface area contributed by atoms with Crippen LogP contribution in [0.5, 0.6) is 0 Å².